The molecule has 4 nitrogen and oxygen atoms in total. The van der Waals surface area contributed by atoms with Gasteiger partial charge < -0.3 is 9.84 Å². The number of aromatic nitrogens is 1. The quantitative estimate of drug-likeness (QED) is 0.638. The van der Waals surface area contributed by atoms with Crippen molar-refractivity contribution in [2.45, 2.75) is 26.7 Å². The molecule has 0 bridgehead atoms. The number of benzene rings is 2. The summed E-state index contributed by atoms with van der Waals surface area (Å²) in [6.07, 6.45) is 2.12. The minimum absolute atomic E-state index is 0.309. The summed E-state index contributed by atoms with van der Waals surface area (Å²) >= 11 is 0. The largest absolute Gasteiger partial charge is 0.494 e. The maximum Gasteiger partial charge on any atom is 0.336 e. The van der Waals surface area contributed by atoms with Crippen LogP contribution in [0.3, 0.4) is 0 Å². The molecular formula is C21H21NO3. The zero-order valence-electron chi connectivity index (χ0n) is 14.5. The number of hydrogen-bond donors (Lipinski definition) is 1. The third-order valence-corrected chi connectivity index (χ3v) is 4.24. The van der Waals surface area contributed by atoms with Crippen molar-refractivity contribution in [1.82, 2.24) is 4.98 Å². The molecule has 0 saturated heterocycles. The number of hydrogen-bond acceptors (Lipinski definition) is 3. The summed E-state index contributed by atoms with van der Waals surface area (Å²) in [5.41, 5.74) is 3.24. The number of carbonyl (C=O) groups is 1. The lowest BCUT2D eigenvalue weighted by atomic mass is 9.98. The molecule has 25 heavy (non-hydrogen) atoms. The van der Waals surface area contributed by atoms with Crippen molar-refractivity contribution in [3.8, 4) is 17.0 Å². The van der Waals surface area contributed by atoms with Crippen molar-refractivity contribution in [2.24, 2.45) is 0 Å². The van der Waals surface area contributed by atoms with Crippen LogP contribution in [0, 0.1) is 6.92 Å². The summed E-state index contributed by atoms with van der Waals surface area (Å²) in [6.45, 7) is 4.64. The van der Waals surface area contributed by atoms with Gasteiger partial charge in [-0.25, -0.2) is 9.78 Å². The average Bonchev–Trinajstić information content (AvgIpc) is 2.62. The molecule has 0 amide bonds. The van der Waals surface area contributed by atoms with Crippen LogP contribution in [0.5, 0.6) is 5.75 Å². The molecule has 4 heteroatoms. The highest BCUT2D eigenvalue weighted by Crippen LogP contribution is 2.30. The highest BCUT2D eigenvalue weighted by Gasteiger charge is 2.17. The Morgan fingerprint density at radius 3 is 2.52 bits per heavy atom. The van der Waals surface area contributed by atoms with Crippen molar-refractivity contribution in [3.63, 3.8) is 0 Å². The van der Waals surface area contributed by atoms with E-state index < -0.39 is 5.97 Å². The van der Waals surface area contributed by atoms with E-state index in [1.54, 1.807) is 6.07 Å². The van der Waals surface area contributed by atoms with Crippen LogP contribution in [0.2, 0.25) is 0 Å². The van der Waals surface area contributed by atoms with Crippen LogP contribution in [0.25, 0.3) is 22.2 Å². The van der Waals surface area contributed by atoms with Gasteiger partial charge in [0, 0.05) is 10.9 Å². The molecule has 0 spiro atoms. The number of ether oxygens (including phenoxy) is 1. The second-order valence-electron chi connectivity index (χ2n) is 6.01. The van der Waals surface area contributed by atoms with Gasteiger partial charge in [-0.2, -0.15) is 0 Å². The number of nitrogens with zero attached hydrogens (tertiary/aromatic N) is 1. The summed E-state index contributed by atoms with van der Waals surface area (Å²) in [4.78, 5) is 16.5. The number of rotatable bonds is 6. The van der Waals surface area contributed by atoms with E-state index in [9.17, 15) is 9.90 Å². The number of aromatic carboxylic acids is 1. The summed E-state index contributed by atoms with van der Waals surface area (Å²) in [7, 11) is 0. The average molecular weight is 335 g/mol. The maximum absolute atomic E-state index is 11.8. The highest BCUT2D eigenvalue weighted by molar-refractivity contribution is 6.05. The summed E-state index contributed by atoms with van der Waals surface area (Å²) in [5, 5.41) is 10.3. The van der Waals surface area contributed by atoms with E-state index in [0.29, 0.717) is 34.3 Å². The summed E-state index contributed by atoms with van der Waals surface area (Å²) in [5.74, 6) is -0.119. The molecule has 0 unspecified atom stereocenters. The molecule has 0 atom stereocenters. The van der Waals surface area contributed by atoms with Gasteiger partial charge in [0.1, 0.15) is 5.75 Å². The standard InChI is InChI=1S/C21H21NO3/c1-3-4-13-25-16-11-9-15(10-12-16)20-14(2)19(21(23)24)17-7-5-6-8-18(17)22-20/h5-12H,3-4,13H2,1-2H3,(H,23,24). The van der Waals surface area contributed by atoms with Gasteiger partial charge in [-0.05, 0) is 49.2 Å². The lowest BCUT2D eigenvalue weighted by Gasteiger charge is -2.12. The molecule has 1 aromatic heterocycles. The Kier molecular flexibility index (Phi) is 4.98. The Morgan fingerprint density at radius 1 is 1.12 bits per heavy atom. The Morgan fingerprint density at radius 2 is 1.84 bits per heavy atom. The van der Waals surface area contributed by atoms with Gasteiger partial charge in [0.2, 0.25) is 0 Å². The smallest absolute Gasteiger partial charge is 0.336 e. The van der Waals surface area contributed by atoms with Gasteiger partial charge >= 0.3 is 5.97 Å². The fraction of sp³-hybridized carbons (Fsp3) is 0.238. The van der Waals surface area contributed by atoms with Crippen LogP contribution in [0.15, 0.2) is 48.5 Å². The number of para-hydroxylation sites is 1. The topological polar surface area (TPSA) is 59.4 Å². The molecule has 1 N–H and O–H groups in total. The summed E-state index contributed by atoms with van der Waals surface area (Å²) < 4.78 is 5.69. The van der Waals surface area contributed by atoms with Crippen molar-refractivity contribution >= 4 is 16.9 Å². The van der Waals surface area contributed by atoms with Gasteiger partial charge in [-0.1, -0.05) is 31.5 Å². The molecule has 1 heterocycles. The SMILES string of the molecule is CCCCOc1ccc(-c2nc3ccccc3c(C(=O)O)c2C)cc1. The lowest BCUT2D eigenvalue weighted by molar-refractivity contribution is 0.0698. The van der Waals surface area contributed by atoms with E-state index >= 15 is 0 Å². The Labute approximate surface area is 147 Å². The Bertz CT molecular complexity index is 901. The van der Waals surface area contributed by atoms with Crippen molar-refractivity contribution in [2.75, 3.05) is 6.61 Å². The molecule has 2 aromatic carbocycles. The maximum atomic E-state index is 11.8. The van der Waals surface area contributed by atoms with Crippen LogP contribution in [0.1, 0.15) is 35.7 Å². The lowest BCUT2D eigenvalue weighted by Crippen LogP contribution is -2.05. The van der Waals surface area contributed by atoms with Gasteiger partial charge in [0.15, 0.2) is 0 Å². The minimum atomic E-state index is -0.933. The first-order valence-electron chi connectivity index (χ1n) is 8.47. The van der Waals surface area contributed by atoms with E-state index in [0.717, 1.165) is 24.2 Å². The predicted octanol–water partition coefficient (Wildman–Crippen LogP) is 5.09. The van der Waals surface area contributed by atoms with Gasteiger partial charge in [0.05, 0.1) is 23.4 Å². The second-order valence-corrected chi connectivity index (χ2v) is 6.01. The van der Waals surface area contributed by atoms with Gasteiger partial charge in [-0.3, -0.25) is 0 Å². The Hall–Kier alpha value is -2.88. The second kappa shape index (κ2) is 7.34. The molecule has 0 aliphatic carbocycles. The van der Waals surface area contributed by atoms with Crippen LogP contribution < -0.4 is 4.74 Å². The van der Waals surface area contributed by atoms with Crippen LogP contribution in [-0.4, -0.2) is 22.7 Å². The molecule has 3 rings (SSSR count). The van der Waals surface area contributed by atoms with Crippen LogP contribution >= 0.6 is 0 Å². The number of carboxylic acids is 1. The van der Waals surface area contributed by atoms with E-state index in [4.69, 9.17) is 4.74 Å². The van der Waals surface area contributed by atoms with E-state index in [-0.39, 0.29) is 0 Å². The number of fused-ring (bicyclic) bond motifs is 1. The molecular weight excluding hydrogens is 314 g/mol. The Balaban J connectivity index is 2.03. The molecule has 0 fully saturated rings. The van der Waals surface area contributed by atoms with Crippen molar-refractivity contribution in [1.29, 1.82) is 0 Å². The van der Waals surface area contributed by atoms with Gasteiger partial charge in [-0.15, -0.1) is 0 Å². The monoisotopic (exact) mass is 335 g/mol. The first-order valence-corrected chi connectivity index (χ1v) is 8.47. The normalized spacial score (nSPS) is 10.8. The minimum Gasteiger partial charge on any atom is -0.494 e. The number of pyridine rings is 1. The van der Waals surface area contributed by atoms with E-state index in [2.05, 4.69) is 11.9 Å². The van der Waals surface area contributed by atoms with E-state index in [1.165, 1.54) is 0 Å². The molecule has 0 radical (unpaired) electrons. The van der Waals surface area contributed by atoms with Crippen molar-refractivity contribution < 1.29 is 14.6 Å². The fourth-order valence-corrected chi connectivity index (χ4v) is 2.91. The number of unbranched alkanes of at least 4 members (excludes halogenated alkanes) is 1. The zero-order valence-corrected chi connectivity index (χ0v) is 14.5. The highest BCUT2D eigenvalue weighted by atomic mass is 16.5. The molecule has 0 aliphatic heterocycles. The van der Waals surface area contributed by atoms with E-state index in [1.807, 2.05) is 49.4 Å². The first-order chi connectivity index (χ1) is 12.1. The third kappa shape index (κ3) is 3.48. The van der Waals surface area contributed by atoms with Crippen LogP contribution in [-0.2, 0) is 0 Å². The molecule has 0 saturated carbocycles. The summed E-state index contributed by atoms with van der Waals surface area (Å²) in [6, 6.07) is 15.0. The van der Waals surface area contributed by atoms with Crippen molar-refractivity contribution in [3.05, 3.63) is 59.7 Å². The molecule has 0 aliphatic rings. The fourth-order valence-electron chi connectivity index (χ4n) is 2.91. The molecule has 128 valence electrons. The zero-order chi connectivity index (χ0) is 17.8. The van der Waals surface area contributed by atoms with Crippen LogP contribution in [0.4, 0.5) is 0 Å². The predicted molar refractivity (Wildman–Crippen MR) is 99.3 cm³/mol. The number of carboxylic acid groups (broad SMARTS) is 1. The third-order valence-electron chi connectivity index (χ3n) is 4.24. The first kappa shape index (κ1) is 17.0. The van der Waals surface area contributed by atoms with Gasteiger partial charge in [0.25, 0.3) is 0 Å². The molecule has 3 aromatic rings.